The molecule has 0 amide bonds. The van der Waals surface area contributed by atoms with Crippen LogP contribution in [-0.2, 0) is 19.7 Å². The van der Waals surface area contributed by atoms with Gasteiger partial charge >= 0.3 is 0 Å². The Kier molecular flexibility index (Phi) is 5.56. The van der Waals surface area contributed by atoms with Gasteiger partial charge in [0.25, 0.3) is 0 Å². The predicted molar refractivity (Wildman–Crippen MR) is 89.8 cm³/mol. The maximum Gasteiger partial charge on any atom is 0.175 e. The first-order valence-corrected chi connectivity index (χ1v) is 10.2. The fourth-order valence-electron chi connectivity index (χ4n) is 1.39. The molecule has 0 radical (unpaired) electrons. The maximum atomic E-state index is 12.1. The van der Waals surface area contributed by atoms with Gasteiger partial charge < -0.3 is 0 Å². The summed E-state index contributed by atoms with van der Waals surface area (Å²) in [4.78, 5) is 0.155. The van der Waals surface area contributed by atoms with E-state index in [1.165, 1.54) is 24.3 Å². The number of nitrogens with one attached hydrogen (secondary N) is 1. The number of nitriles is 1. The third kappa shape index (κ3) is 5.33. The topological polar surface area (TPSA) is 116 Å². The lowest BCUT2D eigenvalue weighted by Crippen LogP contribution is -2.33. The van der Waals surface area contributed by atoms with E-state index in [9.17, 15) is 16.8 Å². The van der Waals surface area contributed by atoms with Crippen LogP contribution in [-0.4, -0.2) is 39.3 Å². The summed E-state index contributed by atoms with van der Waals surface area (Å²) in [6, 6.07) is 7.50. The molecule has 0 fully saturated rings. The van der Waals surface area contributed by atoms with Crippen LogP contribution >= 0.6 is 0 Å². The zero-order valence-electron chi connectivity index (χ0n) is 13.4. The number of anilines is 1. The van der Waals surface area contributed by atoms with Crippen molar-refractivity contribution in [2.75, 3.05) is 17.4 Å². The molecule has 1 aromatic rings. The standard InChI is InChI=1S/C14H19N3O4S2/c1-14(2,3)23(20,21)10-12(9-15)17-16-11-5-7-13(8-6-11)22(4,18)19/h5-8,16H,10H2,1-4H3/b17-12+. The van der Waals surface area contributed by atoms with Crippen molar-refractivity contribution in [3.63, 3.8) is 0 Å². The van der Waals surface area contributed by atoms with Gasteiger partial charge in [-0.2, -0.15) is 10.4 Å². The quantitative estimate of drug-likeness (QED) is 0.632. The summed E-state index contributed by atoms with van der Waals surface area (Å²) < 4.78 is 45.8. The van der Waals surface area contributed by atoms with Crippen LogP contribution in [0.3, 0.4) is 0 Å². The molecule has 0 aliphatic carbocycles. The Hall–Kier alpha value is -1.92. The van der Waals surface area contributed by atoms with E-state index in [1.54, 1.807) is 26.8 Å². The first-order valence-electron chi connectivity index (χ1n) is 6.62. The van der Waals surface area contributed by atoms with Gasteiger partial charge in [0.1, 0.15) is 11.8 Å². The van der Waals surface area contributed by atoms with Gasteiger partial charge in [0.15, 0.2) is 25.4 Å². The Morgan fingerprint density at radius 3 is 2.09 bits per heavy atom. The molecule has 1 rings (SSSR count). The predicted octanol–water partition coefficient (Wildman–Crippen LogP) is 1.59. The zero-order valence-corrected chi connectivity index (χ0v) is 15.0. The molecule has 23 heavy (non-hydrogen) atoms. The molecule has 0 bridgehead atoms. The van der Waals surface area contributed by atoms with E-state index in [4.69, 9.17) is 5.26 Å². The Bertz CT molecular complexity index is 841. The van der Waals surface area contributed by atoms with Crippen LogP contribution in [0.4, 0.5) is 5.69 Å². The summed E-state index contributed by atoms with van der Waals surface area (Å²) in [7, 11) is -6.80. The summed E-state index contributed by atoms with van der Waals surface area (Å²) in [5.41, 5.74) is 2.82. The SMILES string of the molecule is CC(C)(C)S(=O)(=O)C/C(C#N)=N/Nc1ccc(S(C)(=O)=O)cc1. The maximum absolute atomic E-state index is 12.1. The highest BCUT2D eigenvalue weighted by Gasteiger charge is 2.30. The number of nitrogens with zero attached hydrogens (tertiary/aromatic N) is 2. The van der Waals surface area contributed by atoms with Gasteiger partial charge in [0, 0.05) is 6.26 Å². The highest BCUT2D eigenvalue weighted by atomic mass is 32.2. The summed E-state index contributed by atoms with van der Waals surface area (Å²) in [5, 5.41) is 12.8. The van der Waals surface area contributed by atoms with E-state index in [2.05, 4.69) is 10.5 Å². The van der Waals surface area contributed by atoms with E-state index in [0.717, 1.165) is 6.26 Å². The van der Waals surface area contributed by atoms with Crippen molar-refractivity contribution >= 4 is 31.1 Å². The highest BCUT2D eigenvalue weighted by molar-refractivity contribution is 7.93. The molecule has 1 aromatic carbocycles. The Morgan fingerprint density at radius 2 is 1.70 bits per heavy atom. The lowest BCUT2D eigenvalue weighted by molar-refractivity contribution is 0.564. The summed E-state index contributed by atoms with van der Waals surface area (Å²) in [6.07, 6.45) is 1.10. The second kappa shape index (κ2) is 6.68. The number of rotatable bonds is 5. The minimum absolute atomic E-state index is 0.155. The van der Waals surface area contributed by atoms with Crippen molar-refractivity contribution in [2.45, 2.75) is 30.4 Å². The van der Waals surface area contributed by atoms with Crippen LogP contribution in [0.15, 0.2) is 34.3 Å². The average Bonchev–Trinajstić information content (AvgIpc) is 2.41. The van der Waals surface area contributed by atoms with Gasteiger partial charge in [-0.1, -0.05) is 0 Å². The largest absolute Gasteiger partial charge is 0.278 e. The summed E-state index contributed by atoms with van der Waals surface area (Å²) >= 11 is 0. The smallest absolute Gasteiger partial charge is 0.175 e. The van der Waals surface area contributed by atoms with Crippen LogP contribution in [0.1, 0.15) is 20.8 Å². The lowest BCUT2D eigenvalue weighted by Gasteiger charge is -2.18. The molecule has 0 atom stereocenters. The third-order valence-electron chi connectivity index (χ3n) is 2.99. The van der Waals surface area contributed by atoms with E-state index in [0.29, 0.717) is 5.69 Å². The Labute approximate surface area is 136 Å². The van der Waals surface area contributed by atoms with E-state index < -0.39 is 30.2 Å². The highest BCUT2D eigenvalue weighted by Crippen LogP contribution is 2.17. The fourth-order valence-corrected chi connectivity index (χ4v) is 2.95. The van der Waals surface area contributed by atoms with Crippen molar-refractivity contribution < 1.29 is 16.8 Å². The fraction of sp³-hybridized carbons (Fsp3) is 0.429. The van der Waals surface area contributed by atoms with E-state index in [1.807, 2.05) is 0 Å². The monoisotopic (exact) mass is 357 g/mol. The van der Waals surface area contributed by atoms with Crippen LogP contribution in [0, 0.1) is 11.3 Å². The average molecular weight is 357 g/mol. The van der Waals surface area contributed by atoms with Crippen molar-refractivity contribution in [1.29, 1.82) is 5.26 Å². The molecule has 0 heterocycles. The van der Waals surface area contributed by atoms with Crippen LogP contribution in [0.25, 0.3) is 0 Å². The normalized spacial score (nSPS) is 13.4. The first kappa shape index (κ1) is 19.1. The molecule has 0 saturated carbocycles. The molecule has 0 aliphatic heterocycles. The molecule has 9 heteroatoms. The minimum Gasteiger partial charge on any atom is -0.278 e. The van der Waals surface area contributed by atoms with Gasteiger partial charge in [-0.3, -0.25) is 5.43 Å². The second-order valence-corrected chi connectivity index (χ2v) is 10.7. The minimum atomic E-state index is -3.51. The molecule has 0 aromatic heterocycles. The van der Waals surface area contributed by atoms with Crippen molar-refractivity contribution in [3.8, 4) is 6.07 Å². The van der Waals surface area contributed by atoms with Crippen molar-refractivity contribution in [1.82, 2.24) is 0 Å². The first-order chi connectivity index (χ1) is 10.4. The Balaban J connectivity index is 2.93. The van der Waals surface area contributed by atoms with Gasteiger partial charge in [-0.15, -0.1) is 0 Å². The number of hydrogen-bond acceptors (Lipinski definition) is 7. The number of hydrogen-bond donors (Lipinski definition) is 1. The molecule has 7 nitrogen and oxygen atoms in total. The van der Waals surface area contributed by atoms with Gasteiger partial charge in [-0.05, 0) is 45.0 Å². The Morgan fingerprint density at radius 1 is 1.17 bits per heavy atom. The van der Waals surface area contributed by atoms with Crippen LogP contribution < -0.4 is 5.43 Å². The van der Waals surface area contributed by atoms with E-state index >= 15 is 0 Å². The summed E-state index contributed by atoms with van der Waals surface area (Å²) in [5.74, 6) is -0.471. The molecule has 0 saturated heterocycles. The lowest BCUT2D eigenvalue weighted by atomic mass is 10.3. The van der Waals surface area contributed by atoms with Gasteiger partial charge in [-0.25, -0.2) is 16.8 Å². The number of hydrazone groups is 1. The van der Waals surface area contributed by atoms with Crippen molar-refractivity contribution in [3.05, 3.63) is 24.3 Å². The van der Waals surface area contributed by atoms with Crippen LogP contribution in [0.2, 0.25) is 0 Å². The molecule has 1 N–H and O–H groups in total. The molecule has 0 aliphatic rings. The van der Waals surface area contributed by atoms with Gasteiger partial charge in [0.2, 0.25) is 0 Å². The van der Waals surface area contributed by atoms with Gasteiger partial charge in [0.05, 0.1) is 15.3 Å². The molecule has 0 unspecified atom stereocenters. The number of benzene rings is 1. The molecular weight excluding hydrogens is 338 g/mol. The zero-order chi connectivity index (χ0) is 17.9. The molecule has 0 spiro atoms. The summed E-state index contributed by atoms with van der Waals surface area (Å²) in [6.45, 7) is 4.65. The second-order valence-electron chi connectivity index (χ2n) is 5.95. The number of sulfone groups is 2. The third-order valence-corrected chi connectivity index (χ3v) is 6.64. The van der Waals surface area contributed by atoms with E-state index in [-0.39, 0.29) is 10.6 Å². The molecular formula is C14H19N3O4S2. The molecule has 126 valence electrons. The van der Waals surface area contributed by atoms with Crippen LogP contribution in [0.5, 0.6) is 0 Å². The van der Waals surface area contributed by atoms with Crippen molar-refractivity contribution in [2.24, 2.45) is 5.10 Å².